The Kier molecular flexibility index (Phi) is 9.85. The van der Waals surface area contributed by atoms with Crippen molar-refractivity contribution in [1.29, 1.82) is 0 Å². The zero-order valence-electron chi connectivity index (χ0n) is 20.4. The normalized spacial score (nSPS) is 12.4. The Bertz CT molecular complexity index is 1010. The van der Waals surface area contributed by atoms with Crippen LogP contribution in [0.2, 0.25) is 0 Å². The van der Waals surface area contributed by atoms with Crippen molar-refractivity contribution in [3.05, 3.63) is 63.7 Å². The fraction of sp³-hybridized carbons (Fsp3) is 0.440. The first-order chi connectivity index (χ1) is 16.2. The number of hydrogen-bond acceptors (Lipinski definition) is 6. The summed E-state index contributed by atoms with van der Waals surface area (Å²) in [5.41, 5.74) is 1.76. The van der Waals surface area contributed by atoms with Crippen molar-refractivity contribution in [1.82, 2.24) is 10.2 Å². The predicted molar refractivity (Wildman–Crippen MR) is 129 cm³/mol. The maximum atomic E-state index is 13.3. The molecule has 0 spiro atoms. The van der Waals surface area contributed by atoms with E-state index in [1.165, 1.54) is 30.2 Å². The summed E-state index contributed by atoms with van der Waals surface area (Å²) in [4.78, 5) is 38.3. The molecule has 0 aromatic heterocycles. The predicted octanol–water partition coefficient (Wildman–Crippen LogP) is 4.01. The Hall–Kier alpha value is -3.62. The second kappa shape index (κ2) is 12.6. The molecule has 1 N–H and O–H groups in total. The van der Waals surface area contributed by atoms with Gasteiger partial charge in [-0.25, -0.2) is 0 Å². The summed E-state index contributed by atoms with van der Waals surface area (Å²) in [6.45, 7) is 7.64. The second-order valence-corrected chi connectivity index (χ2v) is 8.13. The number of nitro benzene ring substituents is 1. The molecule has 9 nitrogen and oxygen atoms in total. The first-order valence-electron chi connectivity index (χ1n) is 11.3. The fourth-order valence-corrected chi connectivity index (χ4v) is 3.49. The molecular weight excluding hydrogens is 438 g/mol. The van der Waals surface area contributed by atoms with Crippen LogP contribution in [0.4, 0.5) is 5.69 Å². The van der Waals surface area contributed by atoms with E-state index in [2.05, 4.69) is 5.32 Å². The van der Waals surface area contributed by atoms with Gasteiger partial charge in [0.25, 0.3) is 5.91 Å². The molecule has 0 fully saturated rings. The smallest absolute Gasteiger partial charge is 0.311 e. The Morgan fingerprint density at radius 2 is 1.88 bits per heavy atom. The van der Waals surface area contributed by atoms with Gasteiger partial charge in [0.1, 0.15) is 11.8 Å². The molecule has 2 aromatic rings. The molecule has 0 heterocycles. The van der Waals surface area contributed by atoms with Crippen LogP contribution in [0.15, 0.2) is 42.5 Å². The Morgan fingerprint density at radius 1 is 1.15 bits per heavy atom. The first-order valence-corrected chi connectivity index (χ1v) is 11.3. The summed E-state index contributed by atoms with van der Waals surface area (Å²) in [6, 6.07) is 11.1. The first kappa shape index (κ1) is 26.6. The summed E-state index contributed by atoms with van der Waals surface area (Å²) in [5.74, 6) is -0.297. The van der Waals surface area contributed by atoms with Crippen LogP contribution >= 0.6 is 0 Å². The van der Waals surface area contributed by atoms with Gasteiger partial charge in [-0.1, -0.05) is 43.7 Å². The number of ether oxygens (including phenoxy) is 2. The topological polar surface area (TPSA) is 111 Å². The molecule has 2 rings (SSSR count). The van der Waals surface area contributed by atoms with Crippen LogP contribution in [0.3, 0.4) is 0 Å². The fourth-order valence-electron chi connectivity index (χ4n) is 3.49. The average Bonchev–Trinajstić information content (AvgIpc) is 2.81. The molecule has 2 amide bonds. The third-order valence-electron chi connectivity index (χ3n) is 5.53. The van der Waals surface area contributed by atoms with E-state index in [0.29, 0.717) is 6.42 Å². The Balaban J connectivity index is 2.25. The molecule has 0 radical (unpaired) electrons. The van der Waals surface area contributed by atoms with Gasteiger partial charge in [0.05, 0.1) is 12.0 Å². The van der Waals surface area contributed by atoms with Gasteiger partial charge in [-0.3, -0.25) is 19.7 Å². The van der Waals surface area contributed by atoms with Gasteiger partial charge in [0.2, 0.25) is 11.7 Å². The van der Waals surface area contributed by atoms with Crippen LogP contribution in [0.1, 0.15) is 44.7 Å². The maximum Gasteiger partial charge on any atom is 0.311 e. The van der Waals surface area contributed by atoms with E-state index >= 15 is 0 Å². The van der Waals surface area contributed by atoms with Crippen molar-refractivity contribution in [3.63, 3.8) is 0 Å². The second-order valence-electron chi connectivity index (χ2n) is 8.13. The summed E-state index contributed by atoms with van der Waals surface area (Å²) in [7, 11) is 1.32. The number of nitro groups is 1. The molecule has 2 aromatic carbocycles. The van der Waals surface area contributed by atoms with E-state index in [4.69, 9.17) is 9.47 Å². The number of hydrogen-bond donors (Lipinski definition) is 1. The molecule has 0 aliphatic rings. The number of benzene rings is 2. The zero-order valence-corrected chi connectivity index (χ0v) is 20.4. The molecule has 2 atom stereocenters. The van der Waals surface area contributed by atoms with Gasteiger partial charge in [-0.05, 0) is 38.3 Å². The van der Waals surface area contributed by atoms with Crippen molar-refractivity contribution in [2.45, 2.75) is 59.2 Å². The third kappa shape index (κ3) is 7.19. The third-order valence-corrected chi connectivity index (χ3v) is 5.53. The number of rotatable bonds is 12. The minimum atomic E-state index is -0.669. The lowest BCUT2D eigenvalue weighted by Crippen LogP contribution is -2.51. The quantitative estimate of drug-likeness (QED) is 0.370. The van der Waals surface area contributed by atoms with E-state index in [9.17, 15) is 19.7 Å². The van der Waals surface area contributed by atoms with Crippen LogP contribution < -0.4 is 14.8 Å². The average molecular weight is 472 g/mol. The minimum absolute atomic E-state index is 0.0127. The number of carbonyl (C=O) groups excluding carboxylic acids is 2. The minimum Gasteiger partial charge on any atom is -0.490 e. The highest BCUT2D eigenvalue weighted by Crippen LogP contribution is 2.30. The van der Waals surface area contributed by atoms with Gasteiger partial charge < -0.3 is 19.7 Å². The standard InChI is InChI=1S/C25H33N3O6/c1-6-18(4)26-25(30)21(7-2)27(15-19-10-8-9-17(3)13-19)24(29)16-34-20-11-12-22(28(31)32)23(14-20)33-5/h8-14,18,21H,6-7,15-16H2,1-5H3,(H,26,30)/t18-,21+/m0/s1. The van der Waals surface area contributed by atoms with Crippen molar-refractivity contribution >= 4 is 17.5 Å². The highest BCUT2D eigenvalue weighted by Gasteiger charge is 2.29. The van der Waals surface area contributed by atoms with Crippen LogP contribution in [-0.2, 0) is 16.1 Å². The molecule has 9 heteroatoms. The molecule has 0 unspecified atom stereocenters. The largest absolute Gasteiger partial charge is 0.490 e. The monoisotopic (exact) mass is 471 g/mol. The van der Waals surface area contributed by atoms with Gasteiger partial charge in [0.15, 0.2) is 6.61 Å². The number of aryl methyl sites for hydroxylation is 1. The van der Waals surface area contributed by atoms with E-state index in [-0.39, 0.29) is 48.2 Å². The van der Waals surface area contributed by atoms with E-state index in [1.54, 1.807) is 0 Å². The van der Waals surface area contributed by atoms with E-state index in [1.807, 2.05) is 52.0 Å². The summed E-state index contributed by atoms with van der Waals surface area (Å²) < 4.78 is 10.7. The van der Waals surface area contributed by atoms with Gasteiger partial charge >= 0.3 is 5.69 Å². The van der Waals surface area contributed by atoms with Gasteiger partial charge in [0, 0.05) is 24.7 Å². The van der Waals surface area contributed by atoms with Crippen LogP contribution in [0.25, 0.3) is 0 Å². The van der Waals surface area contributed by atoms with E-state index < -0.39 is 11.0 Å². The zero-order chi connectivity index (χ0) is 25.3. The van der Waals surface area contributed by atoms with Crippen LogP contribution in [0, 0.1) is 17.0 Å². The Labute approximate surface area is 200 Å². The lowest BCUT2D eigenvalue weighted by Gasteiger charge is -2.31. The molecule has 0 aliphatic heterocycles. The van der Waals surface area contributed by atoms with E-state index in [0.717, 1.165) is 17.5 Å². The molecule has 34 heavy (non-hydrogen) atoms. The van der Waals surface area contributed by atoms with Crippen molar-refractivity contribution < 1.29 is 24.0 Å². The van der Waals surface area contributed by atoms with Crippen molar-refractivity contribution in [2.75, 3.05) is 13.7 Å². The number of nitrogens with zero attached hydrogens (tertiary/aromatic N) is 2. The van der Waals surface area contributed by atoms with Crippen LogP contribution in [-0.4, -0.2) is 47.4 Å². The number of carbonyl (C=O) groups is 2. The van der Waals surface area contributed by atoms with Crippen LogP contribution in [0.5, 0.6) is 11.5 Å². The molecule has 0 saturated carbocycles. The summed E-state index contributed by atoms with van der Waals surface area (Å²) in [6.07, 6.45) is 1.21. The molecule has 0 saturated heterocycles. The lowest BCUT2D eigenvalue weighted by molar-refractivity contribution is -0.385. The summed E-state index contributed by atoms with van der Waals surface area (Å²) >= 11 is 0. The molecule has 0 aliphatic carbocycles. The van der Waals surface area contributed by atoms with Crippen molar-refractivity contribution in [2.24, 2.45) is 0 Å². The van der Waals surface area contributed by atoms with Gasteiger partial charge in [-0.2, -0.15) is 0 Å². The Morgan fingerprint density at radius 3 is 2.47 bits per heavy atom. The molecular formula is C25H33N3O6. The molecule has 184 valence electrons. The number of methoxy groups -OCH3 is 1. The summed E-state index contributed by atoms with van der Waals surface area (Å²) in [5, 5.41) is 14.1. The number of nitrogens with one attached hydrogen (secondary N) is 1. The van der Waals surface area contributed by atoms with Gasteiger partial charge in [-0.15, -0.1) is 0 Å². The highest BCUT2D eigenvalue weighted by molar-refractivity contribution is 5.88. The highest BCUT2D eigenvalue weighted by atomic mass is 16.6. The van der Waals surface area contributed by atoms with Crippen molar-refractivity contribution in [3.8, 4) is 11.5 Å². The molecule has 0 bridgehead atoms. The lowest BCUT2D eigenvalue weighted by atomic mass is 10.1. The number of amides is 2. The maximum absolute atomic E-state index is 13.3. The SMILES string of the molecule is CC[C@H](C(=O)N[C@@H](C)CC)N(Cc1cccc(C)c1)C(=O)COc1ccc([N+](=O)[O-])c(OC)c1.